The molecule has 0 saturated heterocycles. The van der Waals surface area contributed by atoms with Gasteiger partial charge in [0.25, 0.3) is 0 Å². The molecule has 0 aliphatic rings. The fourth-order valence-electron chi connectivity index (χ4n) is 0.748. The van der Waals surface area contributed by atoms with Crippen molar-refractivity contribution < 1.29 is 9.53 Å². The second-order valence-electron chi connectivity index (χ2n) is 3.80. The van der Waals surface area contributed by atoms with Crippen LogP contribution in [0.15, 0.2) is 11.6 Å². The Hall–Kier alpha value is -0.790. The lowest BCUT2D eigenvalue weighted by atomic mass is 10.2. The van der Waals surface area contributed by atoms with Gasteiger partial charge >= 0.3 is 5.97 Å². The van der Waals surface area contributed by atoms with Gasteiger partial charge in [0, 0.05) is 5.57 Å². The largest absolute Gasteiger partial charge is 0.457 e. The minimum absolute atomic E-state index is 0.218. The smallest absolute Gasteiger partial charge is 0.333 e. The highest BCUT2D eigenvalue weighted by atomic mass is 16.6. The van der Waals surface area contributed by atoms with E-state index < -0.39 is 0 Å². The van der Waals surface area contributed by atoms with Gasteiger partial charge in [-0.1, -0.05) is 13.0 Å². The molecule has 0 amide bonds. The van der Waals surface area contributed by atoms with Crippen LogP contribution in [0, 0.1) is 0 Å². The first-order valence-electron chi connectivity index (χ1n) is 4.27. The molecule has 2 nitrogen and oxygen atoms in total. The van der Waals surface area contributed by atoms with Crippen molar-refractivity contribution in [3.8, 4) is 0 Å². The maximum absolute atomic E-state index is 11.3. The predicted molar refractivity (Wildman–Crippen MR) is 49.9 cm³/mol. The number of allylic oxidation sites excluding steroid dienone is 1. The van der Waals surface area contributed by atoms with Gasteiger partial charge in [0.15, 0.2) is 0 Å². The molecule has 0 rings (SSSR count). The molecular weight excluding hydrogens is 152 g/mol. The van der Waals surface area contributed by atoms with E-state index >= 15 is 0 Å². The number of hydrogen-bond acceptors (Lipinski definition) is 2. The number of carbonyl (C=O) groups is 1. The Morgan fingerprint density at radius 2 is 1.92 bits per heavy atom. The first kappa shape index (κ1) is 11.2. The molecule has 0 atom stereocenters. The van der Waals surface area contributed by atoms with E-state index in [1.807, 2.05) is 33.8 Å². The van der Waals surface area contributed by atoms with Gasteiger partial charge < -0.3 is 4.74 Å². The van der Waals surface area contributed by atoms with E-state index in [4.69, 9.17) is 4.74 Å². The van der Waals surface area contributed by atoms with E-state index in [-0.39, 0.29) is 11.6 Å². The van der Waals surface area contributed by atoms with Crippen molar-refractivity contribution in [3.63, 3.8) is 0 Å². The topological polar surface area (TPSA) is 26.3 Å². The molecular formula is C10H18O2. The fourth-order valence-corrected chi connectivity index (χ4v) is 0.748. The molecule has 0 aliphatic carbocycles. The van der Waals surface area contributed by atoms with Crippen molar-refractivity contribution in [1.29, 1.82) is 0 Å². The van der Waals surface area contributed by atoms with Crippen molar-refractivity contribution in [3.05, 3.63) is 11.6 Å². The van der Waals surface area contributed by atoms with Crippen LogP contribution in [-0.2, 0) is 9.53 Å². The SMILES string of the molecule is CCC=C(C)C(=O)OC(C)(C)C. The van der Waals surface area contributed by atoms with Crippen LogP contribution >= 0.6 is 0 Å². The van der Waals surface area contributed by atoms with Crippen molar-refractivity contribution in [1.82, 2.24) is 0 Å². The lowest BCUT2D eigenvalue weighted by Gasteiger charge is -2.19. The number of hydrogen-bond donors (Lipinski definition) is 0. The molecule has 0 aliphatic heterocycles. The summed E-state index contributed by atoms with van der Waals surface area (Å²) in [4.78, 5) is 11.3. The Morgan fingerprint density at radius 1 is 1.42 bits per heavy atom. The molecule has 0 fully saturated rings. The van der Waals surface area contributed by atoms with Crippen molar-refractivity contribution in [2.24, 2.45) is 0 Å². The van der Waals surface area contributed by atoms with E-state index in [1.165, 1.54) is 0 Å². The summed E-state index contributed by atoms with van der Waals surface area (Å²) < 4.78 is 5.14. The van der Waals surface area contributed by atoms with Crippen LogP contribution in [0.2, 0.25) is 0 Å². The highest BCUT2D eigenvalue weighted by Crippen LogP contribution is 2.10. The van der Waals surface area contributed by atoms with Gasteiger partial charge in [0.05, 0.1) is 0 Å². The molecule has 0 spiro atoms. The van der Waals surface area contributed by atoms with Crippen molar-refractivity contribution in [2.75, 3.05) is 0 Å². The molecule has 0 saturated carbocycles. The van der Waals surface area contributed by atoms with Crippen LogP contribution in [0.3, 0.4) is 0 Å². The first-order chi connectivity index (χ1) is 5.37. The second-order valence-corrected chi connectivity index (χ2v) is 3.80. The molecule has 70 valence electrons. The van der Waals surface area contributed by atoms with Gasteiger partial charge in [0.1, 0.15) is 5.60 Å². The van der Waals surface area contributed by atoms with Crippen molar-refractivity contribution in [2.45, 2.75) is 46.6 Å². The van der Waals surface area contributed by atoms with Crippen LogP contribution in [0.5, 0.6) is 0 Å². The predicted octanol–water partition coefficient (Wildman–Crippen LogP) is 2.68. The highest BCUT2D eigenvalue weighted by Gasteiger charge is 2.16. The molecule has 0 heterocycles. The maximum Gasteiger partial charge on any atom is 0.333 e. The summed E-state index contributed by atoms with van der Waals surface area (Å²) in [5.74, 6) is -0.218. The summed E-state index contributed by atoms with van der Waals surface area (Å²) in [5.41, 5.74) is 0.298. The maximum atomic E-state index is 11.3. The van der Waals surface area contributed by atoms with Crippen molar-refractivity contribution >= 4 is 5.97 Å². The van der Waals surface area contributed by atoms with Gasteiger partial charge in [0.2, 0.25) is 0 Å². The van der Waals surface area contributed by atoms with Crippen LogP contribution in [-0.4, -0.2) is 11.6 Å². The normalized spacial score (nSPS) is 12.9. The fraction of sp³-hybridized carbons (Fsp3) is 0.700. The standard InChI is InChI=1S/C10H18O2/c1-6-7-8(2)9(11)12-10(3,4)5/h7H,6H2,1-5H3. The third-order valence-electron chi connectivity index (χ3n) is 1.23. The monoisotopic (exact) mass is 170 g/mol. The number of esters is 1. The Labute approximate surface area is 74.6 Å². The Balaban J connectivity index is 4.15. The molecule has 0 N–H and O–H groups in total. The van der Waals surface area contributed by atoms with Gasteiger partial charge in [-0.3, -0.25) is 0 Å². The van der Waals surface area contributed by atoms with Gasteiger partial charge in [-0.05, 0) is 34.1 Å². The zero-order valence-electron chi connectivity index (χ0n) is 8.60. The molecule has 0 aromatic rings. The van der Waals surface area contributed by atoms with E-state index in [1.54, 1.807) is 6.92 Å². The molecule has 12 heavy (non-hydrogen) atoms. The summed E-state index contributed by atoms with van der Waals surface area (Å²) in [5, 5.41) is 0. The van der Waals surface area contributed by atoms with Crippen LogP contribution in [0.4, 0.5) is 0 Å². The molecule has 0 unspecified atom stereocenters. The zero-order valence-corrected chi connectivity index (χ0v) is 8.60. The number of carbonyl (C=O) groups excluding carboxylic acids is 1. The summed E-state index contributed by atoms with van der Waals surface area (Å²) in [7, 11) is 0. The quantitative estimate of drug-likeness (QED) is 0.470. The third kappa shape index (κ3) is 4.94. The minimum atomic E-state index is -0.389. The lowest BCUT2D eigenvalue weighted by Crippen LogP contribution is -2.24. The summed E-state index contributed by atoms with van der Waals surface area (Å²) >= 11 is 0. The molecule has 0 aromatic heterocycles. The number of ether oxygens (including phenoxy) is 1. The number of rotatable bonds is 2. The summed E-state index contributed by atoms with van der Waals surface area (Å²) in [6, 6.07) is 0. The van der Waals surface area contributed by atoms with E-state index in [9.17, 15) is 4.79 Å². The van der Waals surface area contributed by atoms with Gasteiger partial charge in [-0.2, -0.15) is 0 Å². The average molecular weight is 170 g/mol. The van der Waals surface area contributed by atoms with E-state index in [0.717, 1.165) is 6.42 Å². The van der Waals surface area contributed by atoms with Crippen LogP contribution < -0.4 is 0 Å². The van der Waals surface area contributed by atoms with Gasteiger partial charge in [-0.15, -0.1) is 0 Å². The van der Waals surface area contributed by atoms with Gasteiger partial charge in [-0.25, -0.2) is 4.79 Å². The molecule has 0 aromatic carbocycles. The molecule has 2 heteroatoms. The van der Waals surface area contributed by atoms with E-state index in [0.29, 0.717) is 5.57 Å². The third-order valence-corrected chi connectivity index (χ3v) is 1.23. The zero-order chi connectivity index (χ0) is 9.78. The first-order valence-corrected chi connectivity index (χ1v) is 4.27. The minimum Gasteiger partial charge on any atom is -0.457 e. The van der Waals surface area contributed by atoms with Crippen LogP contribution in [0.25, 0.3) is 0 Å². The van der Waals surface area contributed by atoms with E-state index in [2.05, 4.69) is 0 Å². The lowest BCUT2D eigenvalue weighted by molar-refractivity contribution is -0.149. The molecule has 0 radical (unpaired) electrons. The summed E-state index contributed by atoms with van der Waals surface area (Å²) in [6.45, 7) is 9.36. The summed E-state index contributed by atoms with van der Waals surface area (Å²) in [6.07, 6.45) is 2.74. The van der Waals surface area contributed by atoms with Crippen LogP contribution in [0.1, 0.15) is 41.0 Å². The molecule has 0 bridgehead atoms. The second kappa shape index (κ2) is 4.29. The Morgan fingerprint density at radius 3 is 2.25 bits per heavy atom. The highest BCUT2D eigenvalue weighted by molar-refractivity contribution is 5.87. The average Bonchev–Trinajstić information content (AvgIpc) is 1.84. The Kier molecular flexibility index (Phi) is 4.01. The Bertz CT molecular complexity index is 185.